The normalized spacial score (nSPS) is 11.0. The predicted octanol–water partition coefficient (Wildman–Crippen LogP) is 3.54. The molecule has 0 aliphatic heterocycles. The lowest BCUT2D eigenvalue weighted by Gasteiger charge is -2.23. The Balaban J connectivity index is 2.35. The molecule has 0 heterocycles. The van der Waals surface area contributed by atoms with E-state index >= 15 is 0 Å². The van der Waals surface area contributed by atoms with Crippen LogP contribution in [0.15, 0.2) is 70.6 Å². The van der Waals surface area contributed by atoms with E-state index in [1.807, 2.05) is 6.07 Å². The van der Waals surface area contributed by atoms with Crippen molar-refractivity contribution in [3.63, 3.8) is 0 Å². The summed E-state index contributed by atoms with van der Waals surface area (Å²) in [5.41, 5.74) is 0.856. The smallest absolute Gasteiger partial charge is 0.264 e. The lowest BCUT2D eigenvalue weighted by atomic mass is 10.2. The fraction of sp³-hybridized carbons (Fsp3) is 0.167. The Morgan fingerprint density at radius 2 is 1.84 bits per heavy atom. The number of nitrogens with zero attached hydrogens (tertiary/aromatic N) is 1. The molecule has 0 aliphatic carbocycles. The Morgan fingerprint density at radius 3 is 2.44 bits per heavy atom. The van der Waals surface area contributed by atoms with Crippen LogP contribution in [0.3, 0.4) is 0 Å². The molecule has 0 fully saturated rings. The maximum atomic E-state index is 13.0. The van der Waals surface area contributed by atoms with Gasteiger partial charge in [-0.3, -0.25) is 9.10 Å². The summed E-state index contributed by atoms with van der Waals surface area (Å²) in [4.78, 5) is 12.2. The summed E-state index contributed by atoms with van der Waals surface area (Å²) in [6.45, 7) is 5.96. The monoisotopic (exact) mass is 422 g/mol. The molecule has 0 atom stereocenters. The van der Waals surface area contributed by atoms with Gasteiger partial charge < -0.3 is 5.32 Å². The lowest BCUT2D eigenvalue weighted by Crippen LogP contribution is -2.31. The molecule has 1 amide bonds. The first-order valence-corrected chi connectivity index (χ1v) is 9.89. The molecule has 0 aromatic heterocycles. The second-order valence-corrected chi connectivity index (χ2v) is 8.22. The molecule has 132 valence electrons. The van der Waals surface area contributed by atoms with Crippen LogP contribution in [0.4, 0.5) is 5.69 Å². The number of anilines is 1. The molecule has 2 aromatic rings. The van der Waals surface area contributed by atoms with Crippen molar-refractivity contribution in [2.75, 3.05) is 17.4 Å². The average molecular weight is 423 g/mol. The van der Waals surface area contributed by atoms with Gasteiger partial charge in [0, 0.05) is 23.1 Å². The lowest BCUT2D eigenvalue weighted by molar-refractivity contribution is 0.0957. The second kappa shape index (κ2) is 8.31. The highest BCUT2D eigenvalue weighted by Gasteiger charge is 2.24. The van der Waals surface area contributed by atoms with Gasteiger partial charge in [0.05, 0.1) is 10.6 Å². The Bertz CT molecular complexity index is 867. The highest BCUT2D eigenvalue weighted by Crippen LogP contribution is 2.23. The molecule has 0 aliphatic rings. The summed E-state index contributed by atoms with van der Waals surface area (Å²) in [5, 5.41) is 2.66. The second-order valence-electron chi connectivity index (χ2n) is 5.23. The van der Waals surface area contributed by atoms with Gasteiger partial charge in [-0.2, -0.15) is 0 Å². The van der Waals surface area contributed by atoms with E-state index in [9.17, 15) is 13.2 Å². The predicted molar refractivity (Wildman–Crippen MR) is 103 cm³/mol. The number of carbonyl (C=O) groups is 1. The molecular weight excluding hydrogens is 404 g/mol. The highest BCUT2D eigenvalue weighted by atomic mass is 79.9. The van der Waals surface area contributed by atoms with E-state index in [0.29, 0.717) is 10.2 Å². The van der Waals surface area contributed by atoms with Gasteiger partial charge in [-0.1, -0.05) is 46.8 Å². The molecule has 7 heteroatoms. The number of sulfonamides is 1. The van der Waals surface area contributed by atoms with Crippen molar-refractivity contribution in [2.24, 2.45) is 0 Å². The third-order valence-electron chi connectivity index (χ3n) is 3.46. The Kier molecular flexibility index (Phi) is 6.39. The minimum absolute atomic E-state index is 0.0727. The molecule has 0 unspecified atom stereocenters. The zero-order valence-electron chi connectivity index (χ0n) is 13.8. The number of carbonyl (C=O) groups excluding carboxylic acids is 1. The van der Waals surface area contributed by atoms with Crippen LogP contribution in [0.25, 0.3) is 0 Å². The van der Waals surface area contributed by atoms with Gasteiger partial charge >= 0.3 is 0 Å². The van der Waals surface area contributed by atoms with Crippen molar-refractivity contribution in [1.29, 1.82) is 0 Å². The molecule has 5 nitrogen and oxygen atoms in total. The zero-order chi connectivity index (χ0) is 18.4. The van der Waals surface area contributed by atoms with E-state index in [2.05, 4.69) is 27.8 Å². The number of para-hydroxylation sites is 1. The quantitative estimate of drug-likeness (QED) is 0.741. The van der Waals surface area contributed by atoms with Crippen molar-refractivity contribution in [1.82, 2.24) is 5.32 Å². The summed E-state index contributed by atoms with van der Waals surface area (Å²) < 4.78 is 27.9. The molecule has 0 saturated heterocycles. The van der Waals surface area contributed by atoms with Gasteiger partial charge in [0.1, 0.15) is 0 Å². The van der Waals surface area contributed by atoms with Gasteiger partial charge in [0.15, 0.2) is 0 Å². The van der Waals surface area contributed by atoms with E-state index in [1.54, 1.807) is 43.3 Å². The molecule has 0 bridgehead atoms. The zero-order valence-corrected chi connectivity index (χ0v) is 16.2. The van der Waals surface area contributed by atoms with Crippen molar-refractivity contribution in [2.45, 2.75) is 11.8 Å². The molecule has 0 radical (unpaired) electrons. The van der Waals surface area contributed by atoms with Gasteiger partial charge in [-0.05, 0) is 37.3 Å². The molecule has 2 rings (SSSR count). The number of amides is 1. The largest absolute Gasteiger partial charge is 0.347 e. The first-order chi connectivity index (χ1) is 11.9. The number of hydrogen-bond donors (Lipinski definition) is 1. The minimum Gasteiger partial charge on any atom is -0.347 e. The van der Waals surface area contributed by atoms with Crippen LogP contribution in [0.1, 0.15) is 17.3 Å². The molecule has 1 N–H and O–H groups in total. The summed E-state index contributed by atoms with van der Waals surface area (Å²) in [6, 6.07) is 14.9. The van der Waals surface area contributed by atoms with Crippen molar-refractivity contribution < 1.29 is 13.2 Å². The first-order valence-electron chi connectivity index (χ1n) is 7.65. The number of rotatable bonds is 7. The van der Waals surface area contributed by atoms with Crippen molar-refractivity contribution in [3.8, 4) is 0 Å². The van der Waals surface area contributed by atoms with Crippen LogP contribution in [0.5, 0.6) is 0 Å². The van der Waals surface area contributed by atoms with Crippen molar-refractivity contribution >= 4 is 37.5 Å². The maximum absolute atomic E-state index is 13.0. The highest BCUT2D eigenvalue weighted by molar-refractivity contribution is 9.11. The van der Waals surface area contributed by atoms with Gasteiger partial charge in [-0.15, -0.1) is 0 Å². The molecular formula is C18H19BrN2O3S. The number of halogens is 1. The van der Waals surface area contributed by atoms with Crippen LogP contribution < -0.4 is 9.62 Å². The van der Waals surface area contributed by atoms with Gasteiger partial charge in [0.2, 0.25) is 0 Å². The van der Waals surface area contributed by atoms with E-state index in [4.69, 9.17) is 0 Å². The Morgan fingerprint density at radius 1 is 1.16 bits per heavy atom. The number of benzene rings is 2. The van der Waals surface area contributed by atoms with Gasteiger partial charge in [0.25, 0.3) is 15.9 Å². The maximum Gasteiger partial charge on any atom is 0.264 e. The standard InChI is InChI=1S/C18H19BrN2O3S/c1-3-21(16-9-5-4-6-10-16)25(23,24)17-11-7-8-15(12-17)18(22)20-13-14(2)19/h4-12H,2-3,13H2,1H3,(H,20,22). The molecule has 2 aromatic carbocycles. The topological polar surface area (TPSA) is 66.5 Å². The van der Waals surface area contributed by atoms with E-state index in [-0.39, 0.29) is 29.5 Å². The Labute approximate surface area is 156 Å². The van der Waals surface area contributed by atoms with Crippen molar-refractivity contribution in [3.05, 3.63) is 71.2 Å². The summed E-state index contributed by atoms with van der Waals surface area (Å²) in [6.07, 6.45) is 0. The van der Waals surface area contributed by atoms with E-state index in [1.165, 1.54) is 16.4 Å². The van der Waals surface area contributed by atoms with Crippen LogP contribution >= 0.6 is 15.9 Å². The third kappa shape index (κ3) is 4.70. The summed E-state index contributed by atoms with van der Waals surface area (Å²) in [5.74, 6) is -0.361. The van der Waals surface area contributed by atoms with Crippen LogP contribution in [-0.4, -0.2) is 27.4 Å². The van der Waals surface area contributed by atoms with Crippen LogP contribution in [-0.2, 0) is 10.0 Å². The van der Waals surface area contributed by atoms with E-state index < -0.39 is 10.0 Å². The number of hydrogen-bond acceptors (Lipinski definition) is 3. The first kappa shape index (κ1) is 19.2. The number of nitrogens with one attached hydrogen (secondary N) is 1. The summed E-state index contributed by atoms with van der Waals surface area (Å²) >= 11 is 3.16. The fourth-order valence-corrected chi connectivity index (χ4v) is 3.95. The SMILES string of the molecule is C=C(Br)CNC(=O)c1cccc(S(=O)(=O)N(CC)c2ccccc2)c1. The Hall–Kier alpha value is -2.12. The van der Waals surface area contributed by atoms with Gasteiger partial charge in [-0.25, -0.2) is 8.42 Å². The summed E-state index contributed by atoms with van der Waals surface area (Å²) in [7, 11) is -3.76. The average Bonchev–Trinajstić information content (AvgIpc) is 2.61. The molecule has 0 spiro atoms. The third-order valence-corrected chi connectivity index (χ3v) is 5.64. The van der Waals surface area contributed by atoms with E-state index in [0.717, 1.165) is 0 Å². The fourth-order valence-electron chi connectivity index (χ4n) is 2.29. The molecule has 25 heavy (non-hydrogen) atoms. The minimum atomic E-state index is -3.76. The van der Waals surface area contributed by atoms with Crippen LogP contribution in [0, 0.1) is 0 Å². The molecule has 0 saturated carbocycles. The van der Waals surface area contributed by atoms with Crippen LogP contribution in [0.2, 0.25) is 0 Å².